The summed E-state index contributed by atoms with van der Waals surface area (Å²) in [7, 11) is 0. The molecule has 0 bridgehead atoms. The maximum atomic E-state index is 12.8. The largest absolute Gasteiger partial charge is 0.389 e. The lowest BCUT2D eigenvalue weighted by molar-refractivity contribution is 0.0954. The fourth-order valence-corrected chi connectivity index (χ4v) is 2.01. The zero-order valence-electron chi connectivity index (χ0n) is 11.3. The van der Waals surface area contributed by atoms with Gasteiger partial charge in [0.25, 0.3) is 5.91 Å². The fraction of sp³-hybridized carbons (Fsp3) is 0.125. The van der Waals surface area contributed by atoms with Crippen molar-refractivity contribution in [1.82, 2.24) is 5.32 Å². The highest BCUT2D eigenvalue weighted by molar-refractivity contribution is 7.80. The van der Waals surface area contributed by atoms with Gasteiger partial charge in [-0.05, 0) is 36.2 Å². The van der Waals surface area contributed by atoms with Crippen LogP contribution in [0.15, 0.2) is 48.5 Å². The molecule has 2 rings (SSSR count). The predicted octanol–water partition coefficient (Wildman–Crippen LogP) is 2.43. The Morgan fingerprint density at radius 2 is 1.81 bits per heavy atom. The minimum Gasteiger partial charge on any atom is -0.389 e. The van der Waals surface area contributed by atoms with Crippen molar-refractivity contribution in [3.05, 3.63) is 71.0 Å². The maximum absolute atomic E-state index is 12.8. The molecule has 3 nitrogen and oxygen atoms in total. The van der Waals surface area contributed by atoms with Gasteiger partial charge in [0.05, 0.1) is 0 Å². The van der Waals surface area contributed by atoms with Gasteiger partial charge in [0.1, 0.15) is 10.8 Å². The van der Waals surface area contributed by atoms with Gasteiger partial charge >= 0.3 is 0 Å². The molecular weight excluding hydrogens is 287 g/mol. The highest BCUT2D eigenvalue weighted by atomic mass is 32.1. The SMILES string of the molecule is NC(=S)c1cccc(C(=O)NCCc2ccc(F)cc2)c1. The number of amides is 1. The van der Waals surface area contributed by atoms with E-state index in [1.165, 1.54) is 12.1 Å². The lowest BCUT2D eigenvalue weighted by atomic mass is 10.1. The Labute approximate surface area is 128 Å². The standard InChI is InChI=1S/C16H15FN2OS/c17-14-6-4-11(5-7-14)8-9-19-16(20)13-3-1-2-12(10-13)15(18)21/h1-7,10H,8-9H2,(H2,18,21)(H,19,20). The molecule has 0 heterocycles. The first-order valence-electron chi connectivity index (χ1n) is 6.49. The van der Waals surface area contributed by atoms with Gasteiger partial charge in [-0.3, -0.25) is 4.79 Å². The zero-order chi connectivity index (χ0) is 15.2. The molecule has 0 aliphatic rings. The minimum absolute atomic E-state index is 0.185. The molecule has 5 heteroatoms. The third-order valence-electron chi connectivity index (χ3n) is 3.02. The fourth-order valence-electron chi connectivity index (χ4n) is 1.89. The van der Waals surface area contributed by atoms with E-state index in [2.05, 4.69) is 5.32 Å². The van der Waals surface area contributed by atoms with Crippen molar-refractivity contribution in [2.24, 2.45) is 5.73 Å². The van der Waals surface area contributed by atoms with Crippen molar-refractivity contribution >= 4 is 23.1 Å². The average Bonchev–Trinajstić information content (AvgIpc) is 2.49. The molecule has 1 amide bonds. The second kappa shape index (κ2) is 6.95. The van der Waals surface area contributed by atoms with E-state index in [-0.39, 0.29) is 16.7 Å². The lowest BCUT2D eigenvalue weighted by Gasteiger charge is -2.07. The van der Waals surface area contributed by atoms with Crippen molar-refractivity contribution in [2.45, 2.75) is 6.42 Å². The van der Waals surface area contributed by atoms with Gasteiger partial charge in [0.2, 0.25) is 0 Å². The smallest absolute Gasteiger partial charge is 0.251 e. The molecule has 2 aromatic carbocycles. The summed E-state index contributed by atoms with van der Waals surface area (Å²) in [5.74, 6) is -0.451. The Morgan fingerprint density at radius 3 is 2.48 bits per heavy atom. The van der Waals surface area contributed by atoms with Gasteiger partial charge in [-0.25, -0.2) is 4.39 Å². The molecule has 0 radical (unpaired) electrons. The third-order valence-corrected chi connectivity index (χ3v) is 3.26. The summed E-state index contributed by atoms with van der Waals surface area (Å²) in [6, 6.07) is 13.1. The van der Waals surface area contributed by atoms with Crippen LogP contribution < -0.4 is 11.1 Å². The number of thiocarbonyl (C=S) groups is 1. The van der Waals surface area contributed by atoms with Crippen LogP contribution in [-0.4, -0.2) is 17.4 Å². The molecule has 0 aromatic heterocycles. The van der Waals surface area contributed by atoms with Crippen LogP contribution >= 0.6 is 12.2 Å². The highest BCUT2D eigenvalue weighted by Gasteiger charge is 2.06. The van der Waals surface area contributed by atoms with E-state index >= 15 is 0 Å². The van der Waals surface area contributed by atoms with E-state index in [4.69, 9.17) is 18.0 Å². The molecule has 3 N–H and O–H groups in total. The van der Waals surface area contributed by atoms with Gasteiger partial charge in [-0.15, -0.1) is 0 Å². The Kier molecular flexibility index (Phi) is 5.00. The minimum atomic E-state index is -0.266. The molecule has 0 aliphatic carbocycles. The first kappa shape index (κ1) is 15.1. The van der Waals surface area contributed by atoms with Crippen LogP contribution in [0.3, 0.4) is 0 Å². The van der Waals surface area contributed by atoms with Crippen LogP contribution in [0.25, 0.3) is 0 Å². The monoisotopic (exact) mass is 302 g/mol. The molecule has 0 atom stereocenters. The molecular formula is C16H15FN2OS. The molecule has 108 valence electrons. The summed E-state index contributed by atoms with van der Waals surface area (Å²) in [5.41, 5.74) is 7.68. The normalized spacial score (nSPS) is 10.1. The Hall–Kier alpha value is -2.27. The number of halogens is 1. The second-order valence-corrected chi connectivity index (χ2v) is 5.02. The van der Waals surface area contributed by atoms with Crippen LogP contribution in [0.4, 0.5) is 4.39 Å². The molecule has 0 unspecified atom stereocenters. The first-order valence-corrected chi connectivity index (χ1v) is 6.89. The molecule has 0 aliphatic heterocycles. The van der Waals surface area contributed by atoms with Crippen LogP contribution in [0.1, 0.15) is 21.5 Å². The first-order chi connectivity index (χ1) is 10.1. The molecule has 0 saturated heterocycles. The zero-order valence-corrected chi connectivity index (χ0v) is 12.1. The van der Waals surface area contributed by atoms with E-state index in [0.717, 1.165) is 5.56 Å². The van der Waals surface area contributed by atoms with E-state index < -0.39 is 0 Å². The van der Waals surface area contributed by atoms with E-state index in [1.807, 2.05) is 0 Å². The molecule has 21 heavy (non-hydrogen) atoms. The van der Waals surface area contributed by atoms with Crippen molar-refractivity contribution in [3.63, 3.8) is 0 Å². The highest BCUT2D eigenvalue weighted by Crippen LogP contribution is 2.06. The van der Waals surface area contributed by atoms with Crippen LogP contribution in [0.2, 0.25) is 0 Å². The molecule has 0 spiro atoms. The van der Waals surface area contributed by atoms with E-state index in [0.29, 0.717) is 24.1 Å². The summed E-state index contributed by atoms with van der Waals surface area (Å²) in [6.07, 6.45) is 0.640. The number of carbonyl (C=O) groups is 1. The third kappa shape index (κ3) is 4.36. The van der Waals surface area contributed by atoms with E-state index in [9.17, 15) is 9.18 Å². The van der Waals surface area contributed by atoms with Gasteiger partial charge in [0.15, 0.2) is 0 Å². The topological polar surface area (TPSA) is 55.1 Å². The predicted molar refractivity (Wildman–Crippen MR) is 84.8 cm³/mol. The Bertz CT molecular complexity index is 656. The van der Waals surface area contributed by atoms with E-state index in [1.54, 1.807) is 36.4 Å². The number of hydrogen-bond acceptors (Lipinski definition) is 2. The van der Waals surface area contributed by atoms with Crippen molar-refractivity contribution < 1.29 is 9.18 Å². The lowest BCUT2D eigenvalue weighted by Crippen LogP contribution is -2.26. The van der Waals surface area contributed by atoms with Crippen molar-refractivity contribution in [1.29, 1.82) is 0 Å². The van der Waals surface area contributed by atoms with Crippen molar-refractivity contribution in [3.8, 4) is 0 Å². The van der Waals surface area contributed by atoms with Crippen LogP contribution in [0, 0.1) is 5.82 Å². The van der Waals surface area contributed by atoms with Crippen molar-refractivity contribution in [2.75, 3.05) is 6.54 Å². The maximum Gasteiger partial charge on any atom is 0.251 e. The number of benzene rings is 2. The summed E-state index contributed by atoms with van der Waals surface area (Å²) >= 11 is 4.89. The summed E-state index contributed by atoms with van der Waals surface area (Å²) < 4.78 is 12.8. The molecule has 0 saturated carbocycles. The summed E-state index contributed by atoms with van der Waals surface area (Å²) in [6.45, 7) is 0.474. The quantitative estimate of drug-likeness (QED) is 0.834. The van der Waals surface area contributed by atoms with Crippen LogP contribution in [-0.2, 0) is 6.42 Å². The second-order valence-electron chi connectivity index (χ2n) is 4.58. The number of hydrogen-bond donors (Lipinski definition) is 2. The summed E-state index contributed by atoms with van der Waals surface area (Å²) in [5, 5.41) is 2.81. The molecule has 2 aromatic rings. The average molecular weight is 302 g/mol. The number of carbonyl (C=O) groups excluding carboxylic acids is 1. The Balaban J connectivity index is 1.91. The van der Waals surface area contributed by atoms with Gasteiger partial charge in [-0.2, -0.15) is 0 Å². The van der Waals surface area contributed by atoms with Gasteiger partial charge in [-0.1, -0.05) is 36.5 Å². The number of nitrogens with one attached hydrogen (secondary N) is 1. The summed E-state index contributed by atoms with van der Waals surface area (Å²) in [4.78, 5) is 12.3. The Morgan fingerprint density at radius 1 is 1.14 bits per heavy atom. The number of nitrogens with two attached hydrogens (primary N) is 1. The van der Waals surface area contributed by atoms with Gasteiger partial charge < -0.3 is 11.1 Å². The van der Waals surface area contributed by atoms with Crippen LogP contribution in [0.5, 0.6) is 0 Å². The van der Waals surface area contributed by atoms with Gasteiger partial charge in [0, 0.05) is 17.7 Å². The molecule has 0 fully saturated rings. The number of rotatable bonds is 5.